The van der Waals surface area contributed by atoms with Gasteiger partial charge in [-0.1, -0.05) is 0 Å². The van der Waals surface area contributed by atoms with Gasteiger partial charge in [0.25, 0.3) is 0 Å². The minimum atomic E-state index is -0.267. The standard InChI is InChI=1S/C6H12N2O2/c9-4-8-6(10)5-2-1-3-7-5/h5,7,9H,1-4H2,(H,8,10). The third-order valence-electron chi connectivity index (χ3n) is 1.63. The van der Waals surface area contributed by atoms with E-state index in [1.54, 1.807) is 0 Å². The number of carbonyl (C=O) groups is 1. The number of aliphatic hydroxyl groups excluding tert-OH is 1. The SMILES string of the molecule is O=C(NCO)C1CCCN1. The Balaban J connectivity index is 2.25. The molecule has 0 bridgehead atoms. The molecule has 1 rings (SSSR count). The van der Waals surface area contributed by atoms with Gasteiger partial charge in [0.1, 0.15) is 6.73 Å². The summed E-state index contributed by atoms with van der Waals surface area (Å²) in [6.07, 6.45) is 1.93. The lowest BCUT2D eigenvalue weighted by Crippen LogP contribution is -2.40. The second-order valence-electron chi connectivity index (χ2n) is 2.35. The zero-order valence-electron chi connectivity index (χ0n) is 5.76. The molecule has 10 heavy (non-hydrogen) atoms. The Bertz CT molecular complexity index is 121. The fourth-order valence-electron chi connectivity index (χ4n) is 1.11. The van der Waals surface area contributed by atoms with Crippen molar-refractivity contribution in [3.05, 3.63) is 0 Å². The first-order valence-electron chi connectivity index (χ1n) is 3.46. The summed E-state index contributed by atoms with van der Waals surface area (Å²) in [6.45, 7) is 0.639. The molecule has 0 aromatic carbocycles. The van der Waals surface area contributed by atoms with E-state index in [1.165, 1.54) is 0 Å². The van der Waals surface area contributed by atoms with Gasteiger partial charge in [-0.25, -0.2) is 0 Å². The van der Waals surface area contributed by atoms with Crippen LogP contribution in [0.1, 0.15) is 12.8 Å². The molecule has 1 aliphatic rings. The van der Waals surface area contributed by atoms with Crippen molar-refractivity contribution < 1.29 is 9.90 Å². The molecule has 1 aliphatic heterocycles. The Labute approximate surface area is 59.6 Å². The Kier molecular flexibility index (Phi) is 2.65. The molecule has 4 nitrogen and oxygen atoms in total. The van der Waals surface area contributed by atoms with E-state index in [4.69, 9.17) is 5.11 Å². The molecule has 0 radical (unpaired) electrons. The molecule has 0 aliphatic carbocycles. The summed E-state index contributed by atoms with van der Waals surface area (Å²) >= 11 is 0. The normalized spacial score (nSPS) is 24.7. The molecule has 0 aromatic rings. The quantitative estimate of drug-likeness (QED) is 0.427. The topological polar surface area (TPSA) is 61.4 Å². The minimum Gasteiger partial charge on any atom is -0.376 e. The first-order valence-corrected chi connectivity index (χ1v) is 3.46. The molecule has 1 saturated heterocycles. The molecule has 0 saturated carbocycles. The molecule has 1 heterocycles. The maximum atomic E-state index is 10.9. The molecule has 58 valence electrons. The van der Waals surface area contributed by atoms with Crippen molar-refractivity contribution in [2.75, 3.05) is 13.3 Å². The summed E-state index contributed by atoms with van der Waals surface area (Å²) in [5, 5.41) is 13.7. The highest BCUT2D eigenvalue weighted by atomic mass is 16.3. The van der Waals surface area contributed by atoms with Gasteiger partial charge in [0.05, 0.1) is 6.04 Å². The van der Waals surface area contributed by atoms with Crippen molar-refractivity contribution in [2.24, 2.45) is 0 Å². The summed E-state index contributed by atoms with van der Waals surface area (Å²) < 4.78 is 0. The van der Waals surface area contributed by atoms with Crippen molar-refractivity contribution in [1.82, 2.24) is 10.6 Å². The molecule has 4 heteroatoms. The summed E-state index contributed by atoms with van der Waals surface area (Å²) in [5.74, 6) is -0.0972. The second kappa shape index (κ2) is 3.53. The van der Waals surface area contributed by atoms with Crippen LogP contribution in [0.5, 0.6) is 0 Å². The van der Waals surface area contributed by atoms with Crippen LogP contribution in [0.4, 0.5) is 0 Å². The third kappa shape index (κ3) is 1.68. The number of amides is 1. The number of nitrogens with one attached hydrogen (secondary N) is 2. The van der Waals surface area contributed by atoms with Gasteiger partial charge in [-0.3, -0.25) is 4.79 Å². The van der Waals surface area contributed by atoms with E-state index < -0.39 is 0 Å². The molecule has 0 spiro atoms. The van der Waals surface area contributed by atoms with E-state index in [-0.39, 0.29) is 18.7 Å². The highest BCUT2D eigenvalue weighted by molar-refractivity contribution is 5.81. The van der Waals surface area contributed by atoms with Gasteiger partial charge in [-0.05, 0) is 19.4 Å². The Morgan fingerprint density at radius 3 is 3.10 bits per heavy atom. The van der Waals surface area contributed by atoms with Gasteiger partial charge in [0.2, 0.25) is 5.91 Å². The van der Waals surface area contributed by atoms with E-state index in [1.807, 2.05) is 0 Å². The van der Waals surface area contributed by atoms with Crippen molar-refractivity contribution in [3.8, 4) is 0 Å². The Morgan fingerprint density at radius 1 is 1.80 bits per heavy atom. The van der Waals surface area contributed by atoms with Crippen molar-refractivity contribution in [2.45, 2.75) is 18.9 Å². The van der Waals surface area contributed by atoms with E-state index in [0.29, 0.717) is 0 Å². The first-order chi connectivity index (χ1) is 4.84. The van der Waals surface area contributed by atoms with Gasteiger partial charge >= 0.3 is 0 Å². The van der Waals surface area contributed by atoms with E-state index in [0.717, 1.165) is 19.4 Å². The molecule has 0 aromatic heterocycles. The molecule has 1 unspecified atom stereocenters. The average Bonchev–Trinajstić information content (AvgIpc) is 2.38. The summed E-state index contributed by atoms with van der Waals surface area (Å²) in [4.78, 5) is 10.9. The van der Waals surface area contributed by atoms with Crippen LogP contribution < -0.4 is 10.6 Å². The number of carbonyl (C=O) groups excluding carboxylic acids is 1. The van der Waals surface area contributed by atoms with Crippen LogP contribution in [0.2, 0.25) is 0 Å². The smallest absolute Gasteiger partial charge is 0.238 e. The Hall–Kier alpha value is -0.610. The average molecular weight is 144 g/mol. The molecular formula is C6H12N2O2. The first kappa shape index (κ1) is 7.50. The summed E-state index contributed by atoms with van der Waals surface area (Å²) in [6, 6.07) is -0.0767. The molecule has 1 amide bonds. The van der Waals surface area contributed by atoms with Crippen LogP contribution in [0.3, 0.4) is 0 Å². The lowest BCUT2D eigenvalue weighted by molar-refractivity contribution is -0.123. The van der Waals surface area contributed by atoms with Crippen molar-refractivity contribution in [1.29, 1.82) is 0 Å². The minimum absolute atomic E-state index is 0.0767. The predicted molar refractivity (Wildman–Crippen MR) is 36.3 cm³/mol. The maximum Gasteiger partial charge on any atom is 0.238 e. The lowest BCUT2D eigenvalue weighted by Gasteiger charge is -2.07. The monoisotopic (exact) mass is 144 g/mol. The fourth-order valence-corrected chi connectivity index (χ4v) is 1.11. The lowest BCUT2D eigenvalue weighted by atomic mass is 10.2. The van der Waals surface area contributed by atoms with E-state index >= 15 is 0 Å². The van der Waals surface area contributed by atoms with Crippen LogP contribution in [-0.4, -0.2) is 30.3 Å². The van der Waals surface area contributed by atoms with E-state index in [9.17, 15) is 4.79 Å². The highest BCUT2D eigenvalue weighted by Gasteiger charge is 2.20. The number of rotatable bonds is 2. The predicted octanol–water partition coefficient (Wildman–Crippen LogP) is -1.20. The van der Waals surface area contributed by atoms with Crippen molar-refractivity contribution >= 4 is 5.91 Å². The fraction of sp³-hybridized carbons (Fsp3) is 0.833. The molecule has 1 atom stereocenters. The number of aliphatic hydroxyl groups is 1. The third-order valence-corrected chi connectivity index (χ3v) is 1.63. The zero-order chi connectivity index (χ0) is 7.40. The molecule has 3 N–H and O–H groups in total. The molecular weight excluding hydrogens is 132 g/mol. The largest absolute Gasteiger partial charge is 0.376 e. The van der Waals surface area contributed by atoms with Gasteiger partial charge in [0.15, 0.2) is 0 Å². The van der Waals surface area contributed by atoms with Gasteiger partial charge in [-0.15, -0.1) is 0 Å². The molecule has 1 fully saturated rings. The second-order valence-corrected chi connectivity index (χ2v) is 2.35. The van der Waals surface area contributed by atoms with Gasteiger partial charge < -0.3 is 15.7 Å². The Morgan fingerprint density at radius 2 is 2.60 bits per heavy atom. The van der Waals surface area contributed by atoms with Gasteiger partial charge in [0, 0.05) is 0 Å². The van der Waals surface area contributed by atoms with Crippen LogP contribution in [0.15, 0.2) is 0 Å². The summed E-state index contributed by atoms with van der Waals surface area (Å²) in [5.41, 5.74) is 0. The summed E-state index contributed by atoms with van der Waals surface area (Å²) in [7, 11) is 0. The van der Waals surface area contributed by atoms with Crippen LogP contribution in [0.25, 0.3) is 0 Å². The van der Waals surface area contributed by atoms with E-state index in [2.05, 4.69) is 10.6 Å². The van der Waals surface area contributed by atoms with Crippen LogP contribution in [0, 0.1) is 0 Å². The number of hydrogen-bond donors (Lipinski definition) is 3. The van der Waals surface area contributed by atoms with Crippen LogP contribution in [-0.2, 0) is 4.79 Å². The van der Waals surface area contributed by atoms with Gasteiger partial charge in [-0.2, -0.15) is 0 Å². The number of hydrogen-bond acceptors (Lipinski definition) is 3. The maximum absolute atomic E-state index is 10.9. The van der Waals surface area contributed by atoms with Crippen molar-refractivity contribution in [3.63, 3.8) is 0 Å². The van der Waals surface area contributed by atoms with Crippen LogP contribution >= 0.6 is 0 Å². The zero-order valence-corrected chi connectivity index (χ0v) is 5.76. The highest BCUT2D eigenvalue weighted by Crippen LogP contribution is 2.03.